The van der Waals surface area contributed by atoms with Crippen LogP contribution in [0.15, 0.2) is 36.8 Å². The Hall–Kier alpha value is -1.72. The van der Waals surface area contributed by atoms with E-state index in [9.17, 15) is 0 Å². The molecule has 1 aliphatic rings. The summed E-state index contributed by atoms with van der Waals surface area (Å²) in [5, 5.41) is 0. The monoisotopic (exact) mass is 324 g/mol. The van der Waals surface area contributed by atoms with Crippen LogP contribution < -0.4 is 5.46 Å². The van der Waals surface area contributed by atoms with Crippen LogP contribution in [-0.2, 0) is 9.31 Å². The van der Waals surface area contributed by atoms with Crippen LogP contribution in [0.25, 0.3) is 11.1 Å². The van der Waals surface area contributed by atoms with Crippen molar-refractivity contribution in [3.63, 3.8) is 0 Å². The molecule has 0 amide bonds. The van der Waals surface area contributed by atoms with Crippen molar-refractivity contribution in [2.24, 2.45) is 0 Å². The Kier molecular flexibility index (Phi) is 4.26. The zero-order valence-corrected chi connectivity index (χ0v) is 15.3. The van der Waals surface area contributed by atoms with Crippen LogP contribution in [0.4, 0.5) is 0 Å². The number of nitrogens with zero attached hydrogens (tertiary/aromatic N) is 2. The van der Waals surface area contributed by atoms with E-state index in [1.807, 2.05) is 24.7 Å². The molecule has 0 atom stereocenters. The second-order valence-corrected chi connectivity index (χ2v) is 7.72. The van der Waals surface area contributed by atoms with Crippen molar-refractivity contribution in [2.45, 2.75) is 58.7 Å². The van der Waals surface area contributed by atoms with Gasteiger partial charge in [0.2, 0.25) is 0 Å². The van der Waals surface area contributed by atoms with Gasteiger partial charge in [-0.1, -0.05) is 19.9 Å². The Morgan fingerprint density at radius 3 is 2.25 bits per heavy atom. The molecule has 0 saturated carbocycles. The molecule has 0 aromatic carbocycles. The molecule has 2 aromatic heterocycles. The van der Waals surface area contributed by atoms with Crippen molar-refractivity contribution in [2.75, 3.05) is 0 Å². The van der Waals surface area contributed by atoms with Gasteiger partial charge >= 0.3 is 7.12 Å². The molecule has 5 heteroatoms. The highest BCUT2D eigenvalue weighted by atomic mass is 16.7. The molecule has 0 bridgehead atoms. The second-order valence-electron chi connectivity index (χ2n) is 7.72. The maximum absolute atomic E-state index is 6.13. The lowest BCUT2D eigenvalue weighted by Gasteiger charge is -2.32. The van der Waals surface area contributed by atoms with E-state index in [0.29, 0.717) is 5.92 Å². The summed E-state index contributed by atoms with van der Waals surface area (Å²) in [6.45, 7) is 12.5. The van der Waals surface area contributed by atoms with E-state index in [-0.39, 0.29) is 11.2 Å². The Bertz CT molecular complexity index is 728. The first-order valence-corrected chi connectivity index (χ1v) is 8.46. The van der Waals surface area contributed by atoms with Crippen molar-refractivity contribution < 1.29 is 9.31 Å². The van der Waals surface area contributed by atoms with Crippen LogP contribution in [0, 0.1) is 0 Å². The molecule has 1 saturated heterocycles. The zero-order valence-electron chi connectivity index (χ0n) is 15.3. The van der Waals surface area contributed by atoms with Gasteiger partial charge in [0.15, 0.2) is 0 Å². The lowest BCUT2D eigenvalue weighted by atomic mass is 9.79. The van der Waals surface area contributed by atoms with Crippen LogP contribution in [0.2, 0.25) is 0 Å². The lowest BCUT2D eigenvalue weighted by molar-refractivity contribution is 0.00578. The van der Waals surface area contributed by atoms with Crippen molar-refractivity contribution in [3.05, 3.63) is 42.5 Å². The molecular weight excluding hydrogens is 299 g/mol. The van der Waals surface area contributed by atoms with E-state index >= 15 is 0 Å². The first kappa shape index (κ1) is 17.1. The van der Waals surface area contributed by atoms with Crippen molar-refractivity contribution in [1.82, 2.24) is 9.97 Å². The minimum atomic E-state index is -0.395. The lowest BCUT2D eigenvalue weighted by Crippen LogP contribution is -2.41. The van der Waals surface area contributed by atoms with Crippen LogP contribution in [-0.4, -0.2) is 28.3 Å². The average Bonchev–Trinajstić information content (AvgIpc) is 2.76. The van der Waals surface area contributed by atoms with Gasteiger partial charge in [0.1, 0.15) is 0 Å². The van der Waals surface area contributed by atoms with Gasteiger partial charge in [-0.05, 0) is 56.9 Å². The molecule has 1 fully saturated rings. The average molecular weight is 324 g/mol. The second kappa shape index (κ2) is 5.98. The van der Waals surface area contributed by atoms with Gasteiger partial charge < -0.3 is 9.31 Å². The van der Waals surface area contributed by atoms with E-state index in [2.05, 4.69) is 63.6 Å². The minimum absolute atomic E-state index is 0.352. The molecule has 4 nitrogen and oxygen atoms in total. The number of aromatic nitrogens is 2. The molecule has 0 unspecified atom stereocenters. The number of rotatable bonds is 3. The number of hydrogen-bond donors (Lipinski definition) is 0. The van der Waals surface area contributed by atoms with Crippen molar-refractivity contribution in [3.8, 4) is 11.1 Å². The summed E-state index contributed by atoms with van der Waals surface area (Å²) in [4.78, 5) is 8.83. The number of pyridine rings is 2. The highest BCUT2D eigenvalue weighted by Gasteiger charge is 2.51. The molecular formula is C19H25BN2O2. The van der Waals surface area contributed by atoms with Crippen LogP contribution in [0.5, 0.6) is 0 Å². The van der Waals surface area contributed by atoms with Gasteiger partial charge in [-0.15, -0.1) is 0 Å². The summed E-state index contributed by atoms with van der Waals surface area (Å²) in [5.41, 5.74) is 3.47. The first-order valence-electron chi connectivity index (χ1n) is 8.46. The van der Waals surface area contributed by atoms with Gasteiger partial charge in [-0.3, -0.25) is 9.97 Å². The third kappa shape index (κ3) is 3.11. The molecule has 3 heterocycles. The van der Waals surface area contributed by atoms with E-state index in [1.54, 1.807) is 0 Å². The fraction of sp³-hybridized carbons (Fsp3) is 0.474. The summed E-state index contributed by atoms with van der Waals surface area (Å²) < 4.78 is 12.3. The smallest absolute Gasteiger partial charge is 0.399 e. The molecule has 0 spiro atoms. The fourth-order valence-electron chi connectivity index (χ4n) is 2.67. The minimum Gasteiger partial charge on any atom is -0.399 e. The predicted octanol–water partition coefficient (Wildman–Crippen LogP) is 3.57. The van der Waals surface area contributed by atoms with E-state index < -0.39 is 7.12 Å². The maximum Gasteiger partial charge on any atom is 0.496 e. The maximum atomic E-state index is 6.13. The van der Waals surface area contributed by atoms with Crippen LogP contribution in [0.3, 0.4) is 0 Å². The van der Waals surface area contributed by atoms with E-state index in [4.69, 9.17) is 9.31 Å². The summed E-state index contributed by atoms with van der Waals surface area (Å²) in [5.74, 6) is 0.393. The summed E-state index contributed by atoms with van der Waals surface area (Å²) in [6.07, 6.45) is 5.54. The Labute approximate surface area is 144 Å². The summed E-state index contributed by atoms with van der Waals surface area (Å²) >= 11 is 0. The van der Waals surface area contributed by atoms with Gasteiger partial charge in [-0.2, -0.15) is 0 Å². The largest absolute Gasteiger partial charge is 0.496 e. The number of hydrogen-bond acceptors (Lipinski definition) is 4. The molecule has 0 radical (unpaired) electrons. The van der Waals surface area contributed by atoms with Crippen LogP contribution in [0.1, 0.15) is 53.2 Å². The third-order valence-corrected chi connectivity index (χ3v) is 4.99. The fourth-order valence-corrected chi connectivity index (χ4v) is 2.67. The predicted molar refractivity (Wildman–Crippen MR) is 97.3 cm³/mol. The van der Waals surface area contributed by atoms with Gasteiger partial charge in [-0.25, -0.2) is 0 Å². The van der Waals surface area contributed by atoms with Gasteiger partial charge in [0.05, 0.1) is 11.2 Å². The Morgan fingerprint density at radius 1 is 0.958 bits per heavy atom. The molecule has 126 valence electrons. The van der Waals surface area contributed by atoms with E-state index in [1.165, 1.54) is 0 Å². The zero-order chi connectivity index (χ0) is 17.5. The highest BCUT2D eigenvalue weighted by molar-refractivity contribution is 6.62. The highest BCUT2D eigenvalue weighted by Crippen LogP contribution is 2.36. The summed E-state index contributed by atoms with van der Waals surface area (Å²) in [6, 6.07) is 6.22. The standard InChI is InChI=1S/C19H25BN2O2/c1-13(2)17-10-14(7-8-22-17)15-9-16(12-21-11-15)20-23-18(3,4)19(5,6)24-20/h7-13H,1-6H3. The molecule has 0 aliphatic carbocycles. The summed E-state index contributed by atoms with van der Waals surface area (Å²) in [7, 11) is -0.395. The molecule has 3 rings (SSSR count). The topological polar surface area (TPSA) is 44.2 Å². The molecule has 24 heavy (non-hydrogen) atoms. The normalized spacial score (nSPS) is 19.0. The Balaban J connectivity index is 1.92. The third-order valence-electron chi connectivity index (χ3n) is 4.99. The van der Waals surface area contributed by atoms with Crippen LogP contribution >= 0.6 is 0 Å². The molecule has 2 aromatic rings. The Morgan fingerprint density at radius 2 is 1.62 bits per heavy atom. The van der Waals surface area contributed by atoms with Crippen molar-refractivity contribution >= 4 is 12.6 Å². The molecule has 1 aliphatic heterocycles. The SMILES string of the molecule is CC(C)c1cc(-c2cncc(B3OC(C)(C)C(C)(C)O3)c2)ccn1. The van der Waals surface area contributed by atoms with Gasteiger partial charge in [0.25, 0.3) is 0 Å². The van der Waals surface area contributed by atoms with Crippen molar-refractivity contribution in [1.29, 1.82) is 0 Å². The van der Waals surface area contributed by atoms with E-state index in [0.717, 1.165) is 22.3 Å². The van der Waals surface area contributed by atoms with Gasteiger partial charge in [0, 0.05) is 29.7 Å². The first-order chi connectivity index (χ1) is 11.2. The quantitative estimate of drug-likeness (QED) is 0.810. The molecule has 0 N–H and O–H groups in total.